The van der Waals surface area contributed by atoms with E-state index in [0.29, 0.717) is 12.2 Å². The number of aromatic nitrogens is 1. The van der Waals surface area contributed by atoms with Gasteiger partial charge in [-0.1, -0.05) is 30.3 Å². The number of amides is 1. The molecule has 3 rings (SSSR count). The van der Waals surface area contributed by atoms with Crippen molar-refractivity contribution in [1.82, 2.24) is 10.3 Å². The maximum atomic E-state index is 12.4. The topological polar surface area (TPSA) is 51.2 Å². The van der Waals surface area contributed by atoms with Gasteiger partial charge in [-0.25, -0.2) is 4.98 Å². The smallest absolute Gasteiger partial charge is 0.251 e. The first kappa shape index (κ1) is 19.1. The first-order valence-electron chi connectivity index (χ1n) is 9.09. The first-order valence-corrected chi connectivity index (χ1v) is 9.97. The van der Waals surface area contributed by atoms with E-state index in [-0.39, 0.29) is 11.9 Å². The van der Waals surface area contributed by atoms with E-state index in [4.69, 9.17) is 4.74 Å². The van der Waals surface area contributed by atoms with Crippen molar-refractivity contribution >= 4 is 17.2 Å². The van der Waals surface area contributed by atoms with Crippen LogP contribution in [0.15, 0.2) is 60.0 Å². The summed E-state index contributed by atoms with van der Waals surface area (Å²) >= 11 is 1.59. The van der Waals surface area contributed by atoms with Gasteiger partial charge in [-0.15, -0.1) is 11.3 Å². The third-order valence-corrected chi connectivity index (χ3v) is 5.17. The summed E-state index contributed by atoms with van der Waals surface area (Å²) in [5.74, 6) is 0.675. The molecule has 1 N–H and O–H groups in total. The van der Waals surface area contributed by atoms with Crippen LogP contribution in [0.25, 0.3) is 0 Å². The summed E-state index contributed by atoms with van der Waals surface area (Å²) in [4.78, 5) is 16.8. The van der Waals surface area contributed by atoms with Crippen molar-refractivity contribution in [2.75, 3.05) is 0 Å². The van der Waals surface area contributed by atoms with Gasteiger partial charge in [0.05, 0.1) is 0 Å². The van der Waals surface area contributed by atoms with Crippen LogP contribution >= 0.6 is 11.3 Å². The minimum atomic E-state index is -0.0577. The molecule has 0 spiro atoms. The monoisotopic (exact) mass is 380 g/mol. The normalized spacial score (nSPS) is 11.8. The Kier molecular flexibility index (Phi) is 6.60. The van der Waals surface area contributed by atoms with Crippen molar-refractivity contribution in [2.45, 2.75) is 39.3 Å². The fourth-order valence-electron chi connectivity index (χ4n) is 2.72. The number of thiazole rings is 1. The molecular formula is C22H24N2O2S. The second-order valence-electron chi connectivity index (χ2n) is 6.59. The van der Waals surface area contributed by atoms with E-state index in [0.717, 1.165) is 29.3 Å². The second-order valence-corrected chi connectivity index (χ2v) is 7.54. The highest BCUT2D eigenvalue weighted by atomic mass is 32.1. The molecule has 2 aromatic carbocycles. The van der Waals surface area contributed by atoms with Crippen molar-refractivity contribution in [1.29, 1.82) is 0 Å². The number of nitrogens with one attached hydrogen (secondary N) is 1. The Bertz CT molecular complexity index is 860. The molecule has 4 nitrogen and oxygen atoms in total. The van der Waals surface area contributed by atoms with Crippen LogP contribution in [0.2, 0.25) is 0 Å². The number of carbonyl (C=O) groups is 1. The Balaban J connectivity index is 1.46. The van der Waals surface area contributed by atoms with Gasteiger partial charge in [-0.3, -0.25) is 4.79 Å². The van der Waals surface area contributed by atoms with Gasteiger partial charge >= 0.3 is 0 Å². The Hall–Kier alpha value is -2.66. The zero-order chi connectivity index (χ0) is 19.1. The van der Waals surface area contributed by atoms with E-state index in [1.807, 2.05) is 49.6 Å². The number of benzene rings is 2. The lowest BCUT2D eigenvalue weighted by Crippen LogP contribution is -2.32. The molecule has 5 heteroatoms. The van der Waals surface area contributed by atoms with Crippen molar-refractivity contribution in [3.05, 3.63) is 81.8 Å². The van der Waals surface area contributed by atoms with E-state index < -0.39 is 0 Å². The van der Waals surface area contributed by atoms with Crippen LogP contribution in [0.5, 0.6) is 5.75 Å². The highest BCUT2D eigenvalue weighted by Crippen LogP contribution is 2.16. The average Bonchev–Trinajstić information content (AvgIpc) is 3.11. The van der Waals surface area contributed by atoms with Crippen LogP contribution in [0.3, 0.4) is 0 Å². The highest BCUT2D eigenvalue weighted by molar-refractivity contribution is 7.09. The standard InChI is InChI=1S/C22H24N2O2S/c1-16(8-9-18-6-4-3-5-7-18)24-22(25)19-10-12-20(13-11-19)26-14-21-23-17(2)15-27-21/h3-7,10-13,15-16H,8-9,14H2,1-2H3,(H,24,25)/t16-/m1/s1. The Morgan fingerprint density at radius 1 is 1.15 bits per heavy atom. The molecular weight excluding hydrogens is 356 g/mol. The molecule has 0 unspecified atom stereocenters. The molecule has 1 amide bonds. The molecule has 0 fully saturated rings. The second kappa shape index (κ2) is 9.33. The predicted octanol–water partition coefficient (Wildman–Crippen LogP) is 4.78. The molecule has 0 aliphatic carbocycles. The van der Waals surface area contributed by atoms with Gasteiger partial charge in [-0.05, 0) is 56.5 Å². The van der Waals surface area contributed by atoms with Gasteiger partial charge in [0.2, 0.25) is 0 Å². The maximum Gasteiger partial charge on any atom is 0.251 e. The first-order chi connectivity index (χ1) is 13.1. The van der Waals surface area contributed by atoms with Gasteiger partial charge < -0.3 is 10.1 Å². The molecule has 1 heterocycles. The minimum absolute atomic E-state index is 0.0577. The molecule has 0 saturated carbocycles. The van der Waals surface area contributed by atoms with E-state index in [1.165, 1.54) is 5.56 Å². The molecule has 1 aromatic heterocycles. The van der Waals surface area contributed by atoms with Crippen LogP contribution in [0.4, 0.5) is 0 Å². The van der Waals surface area contributed by atoms with Gasteiger partial charge in [-0.2, -0.15) is 0 Å². The Labute approximate surface area is 164 Å². The zero-order valence-corrected chi connectivity index (χ0v) is 16.5. The molecule has 1 atom stereocenters. The lowest BCUT2D eigenvalue weighted by atomic mass is 10.1. The summed E-state index contributed by atoms with van der Waals surface area (Å²) in [6, 6.07) is 17.7. The number of aryl methyl sites for hydroxylation is 2. The van der Waals surface area contributed by atoms with Crippen molar-refractivity contribution in [2.24, 2.45) is 0 Å². The van der Waals surface area contributed by atoms with Gasteiger partial charge in [0.1, 0.15) is 17.4 Å². The van der Waals surface area contributed by atoms with Gasteiger partial charge in [0, 0.05) is 22.7 Å². The molecule has 0 aliphatic rings. The van der Waals surface area contributed by atoms with E-state index >= 15 is 0 Å². The molecule has 0 saturated heterocycles. The van der Waals surface area contributed by atoms with Crippen LogP contribution in [-0.4, -0.2) is 16.9 Å². The van der Waals surface area contributed by atoms with Crippen molar-refractivity contribution in [3.8, 4) is 5.75 Å². The number of ether oxygens (including phenoxy) is 1. The summed E-state index contributed by atoms with van der Waals surface area (Å²) in [7, 11) is 0. The molecule has 140 valence electrons. The van der Waals surface area contributed by atoms with Crippen molar-refractivity contribution in [3.63, 3.8) is 0 Å². The summed E-state index contributed by atoms with van der Waals surface area (Å²) in [6.45, 7) is 4.45. The minimum Gasteiger partial charge on any atom is -0.486 e. The Morgan fingerprint density at radius 3 is 2.56 bits per heavy atom. The van der Waals surface area contributed by atoms with Crippen molar-refractivity contribution < 1.29 is 9.53 Å². The number of carbonyl (C=O) groups excluding carboxylic acids is 1. The Morgan fingerprint density at radius 2 is 1.89 bits per heavy atom. The number of rotatable bonds is 8. The van der Waals surface area contributed by atoms with Crippen LogP contribution in [0.1, 0.15) is 40.0 Å². The molecule has 0 bridgehead atoms. The quantitative estimate of drug-likeness (QED) is 0.612. The largest absolute Gasteiger partial charge is 0.486 e. The summed E-state index contributed by atoms with van der Waals surface area (Å²) < 4.78 is 5.72. The fourth-order valence-corrected chi connectivity index (χ4v) is 3.41. The van der Waals surface area contributed by atoms with Gasteiger partial charge in [0.25, 0.3) is 5.91 Å². The van der Waals surface area contributed by atoms with Gasteiger partial charge in [0.15, 0.2) is 0 Å². The van der Waals surface area contributed by atoms with E-state index in [1.54, 1.807) is 23.5 Å². The summed E-state index contributed by atoms with van der Waals surface area (Å²) in [5, 5.41) is 6.01. The van der Waals surface area contributed by atoms with Crippen LogP contribution in [-0.2, 0) is 13.0 Å². The molecule has 27 heavy (non-hydrogen) atoms. The van der Waals surface area contributed by atoms with E-state index in [2.05, 4.69) is 22.4 Å². The molecule has 0 aliphatic heterocycles. The molecule has 0 radical (unpaired) electrons. The number of hydrogen-bond donors (Lipinski definition) is 1. The predicted molar refractivity (Wildman–Crippen MR) is 109 cm³/mol. The lowest BCUT2D eigenvalue weighted by molar-refractivity contribution is 0.0938. The summed E-state index contributed by atoms with van der Waals surface area (Å²) in [6.07, 6.45) is 1.86. The molecule has 3 aromatic rings. The van der Waals surface area contributed by atoms with Crippen LogP contribution in [0, 0.1) is 6.92 Å². The fraction of sp³-hybridized carbons (Fsp3) is 0.273. The maximum absolute atomic E-state index is 12.4. The summed E-state index contributed by atoms with van der Waals surface area (Å²) in [5.41, 5.74) is 2.93. The van der Waals surface area contributed by atoms with Crippen LogP contribution < -0.4 is 10.1 Å². The zero-order valence-electron chi connectivity index (χ0n) is 15.6. The lowest BCUT2D eigenvalue weighted by Gasteiger charge is -2.14. The number of nitrogens with zero attached hydrogens (tertiary/aromatic N) is 1. The third kappa shape index (κ3) is 5.93. The SMILES string of the molecule is Cc1csc(COc2ccc(C(=O)N[C@H](C)CCc3ccccc3)cc2)n1. The van der Waals surface area contributed by atoms with E-state index in [9.17, 15) is 4.79 Å². The number of hydrogen-bond acceptors (Lipinski definition) is 4. The third-order valence-electron chi connectivity index (χ3n) is 4.23. The highest BCUT2D eigenvalue weighted by Gasteiger charge is 2.10. The average molecular weight is 381 g/mol.